The zero-order chi connectivity index (χ0) is 22.2. The van der Waals surface area contributed by atoms with E-state index in [9.17, 15) is 4.79 Å². The van der Waals surface area contributed by atoms with Gasteiger partial charge in [0.25, 0.3) is 0 Å². The van der Waals surface area contributed by atoms with Crippen LogP contribution in [-0.4, -0.2) is 42.3 Å². The summed E-state index contributed by atoms with van der Waals surface area (Å²) < 4.78 is 17.8. The second-order valence-corrected chi connectivity index (χ2v) is 8.16. The maximum Gasteiger partial charge on any atom is 0.329 e. The fourth-order valence-corrected chi connectivity index (χ4v) is 4.31. The Morgan fingerprint density at radius 2 is 1.91 bits per heavy atom. The molecule has 0 unspecified atom stereocenters. The highest BCUT2D eigenvalue weighted by Crippen LogP contribution is 2.40. The van der Waals surface area contributed by atoms with Crippen molar-refractivity contribution >= 4 is 16.7 Å². The maximum absolute atomic E-state index is 10.8. The van der Waals surface area contributed by atoms with Crippen LogP contribution in [0.25, 0.3) is 10.8 Å². The number of hydrogen-bond donors (Lipinski definition) is 1. The van der Waals surface area contributed by atoms with Crippen LogP contribution >= 0.6 is 0 Å². The van der Waals surface area contributed by atoms with Gasteiger partial charge in [-0.25, -0.2) is 4.79 Å². The Balaban J connectivity index is 1.39. The summed E-state index contributed by atoms with van der Waals surface area (Å²) in [5.41, 5.74) is 0.999. The van der Waals surface area contributed by atoms with Gasteiger partial charge in [0, 0.05) is 18.4 Å². The van der Waals surface area contributed by atoms with Crippen molar-refractivity contribution in [3.8, 4) is 11.8 Å². The molecule has 2 aliphatic rings. The van der Waals surface area contributed by atoms with Crippen molar-refractivity contribution in [2.75, 3.05) is 13.2 Å². The van der Waals surface area contributed by atoms with E-state index in [-0.39, 0.29) is 25.4 Å². The monoisotopic (exact) mass is 432 g/mol. The van der Waals surface area contributed by atoms with Crippen LogP contribution in [-0.2, 0) is 19.0 Å². The van der Waals surface area contributed by atoms with Crippen molar-refractivity contribution in [1.29, 1.82) is 0 Å². The topological polar surface area (TPSA) is 65.0 Å². The Morgan fingerprint density at radius 3 is 2.75 bits per heavy atom. The number of ether oxygens (including phenoxy) is 3. The van der Waals surface area contributed by atoms with Crippen LogP contribution in [0, 0.1) is 11.8 Å². The average molecular weight is 433 g/mol. The predicted octanol–water partition coefficient (Wildman–Crippen LogP) is 4.85. The lowest BCUT2D eigenvalue weighted by Crippen LogP contribution is -2.34. The first-order valence-electron chi connectivity index (χ1n) is 11.1. The quantitative estimate of drug-likeness (QED) is 0.522. The van der Waals surface area contributed by atoms with Gasteiger partial charge in [0.05, 0.1) is 6.61 Å². The van der Waals surface area contributed by atoms with E-state index in [4.69, 9.17) is 19.3 Å². The molecule has 1 saturated carbocycles. The van der Waals surface area contributed by atoms with Gasteiger partial charge >= 0.3 is 5.97 Å². The molecular formula is C27H28O5. The van der Waals surface area contributed by atoms with Crippen LogP contribution in [0.5, 0.6) is 0 Å². The SMILES string of the molecule is O=C(O)COC[C@@H]1OC2(CCCCC2)O[C@@H]1/C=C/C=C/C#Cc1cccc2ccccc12. The number of carboxylic acid groups (broad SMARTS) is 1. The van der Waals surface area contributed by atoms with Crippen molar-refractivity contribution in [2.24, 2.45) is 0 Å². The first-order valence-corrected chi connectivity index (χ1v) is 11.1. The number of aliphatic carboxylic acids is 1. The molecule has 0 bridgehead atoms. The molecule has 0 aromatic heterocycles. The van der Waals surface area contributed by atoms with Crippen molar-refractivity contribution in [3.63, 3.8) is 0 Å². The number of rotatable bonds is 6. The summed E-state index contributed by atoms with van der Waals surface area (Å²) in [7, 11) is 0. The Hall–Kier alpha value is -2.91. The highest BCUT2D eigenvalue weighted by molar-refractivity contribution is 5.88. The number of allylic oxidation sites excluding steroid dienone is 3. The van der Waals surface area contributed by atoms with Crippen LogP contribution in [0.2, 0.25) is 0 Å². The molecule has 5 heteroatoms. The minimum atomic E-state index is -0.990. The van der Waals surface area contributed by atoms with Crippen molar-refractivity contribution in [2.45, 2.75) is 50.1 Å². The van der Waals surface area contributed by atoms with Crippen LogP contribution < -0.4 is 0 Å². The Kier molecular flexibility index (Phi) is 7.39. The minimum absolute atomic E-state index is 0.188. The number of hydrogen-bond acceptors (Lipinski definition) is 4. The summed E-state index contributed by atoms with van der Waals surface area (Å²) in [6.45, 7) is -0.152. The molecule has 4 rings (SSSR count). The summed E-state index contributed by atoms with van der Waals surface area (Å²) in [6, 6.07) is 14.3. The average Bonchev–Trinajstić information content (AvgIpc) is 3.12. The zero-order valence-electron chi connectivity index (χ0n) is 18.0. The lowest BCUT2D eigenvalue weighted by molar-refractivity contribution is -0.195. The summed E-state index contributed by atoms with van der Waals surface area (Å²) in [4.78, 5) is 10.8. The third-order valence-corrected chi connectivity index (χ3v) is 5.79. The van der Waals surface area contributed by atoms with E-state index in [1.54, 1.807) is 6.08 Å². The predicted molar refractivity (Wildman–Crippen MR) is 123 cm³/mol. The van der Waals surface area contributed by atoms with Crippen molar-refractivity contribution in [3.05, 3.63) is 72.3 Å². The molecule has 1 saturated heterocycles. The Morgan fingerprint density at radius 1 is 1.09 bits per heavy atom. The smallest absolute Gasteiger partial charge is 0.329 e. The van der Waals surface area contributed by atoms with E-state index in [0.717, 1.165) is 36.6 Å². The molecule has 5 nitrogen and oxygen atoms in total. The molecule has 2 aromatic rings. The van der Waals surface area contributed by atoms with Gasteiger partial charge in [-0.05, 0) is 35.8 Å². The number of carbonyl (C=O) groups is 1. The molecular weight excluding hydrogens is 404 g/mol. The summed E-state index contributed by atoms with van der Waals surface area (Å²) in [5.74, 6) is 4.74. The van der Waals surface area contributed by atoms with Crippen LogP contribution in [0.15, 0.2) is 66.8 Å². The molecule has 2 atom stereocenters. The molecule has 2 aromatic carbocycles. The standard InChI is InChI=1S/C27H28O5/c28-26(29)20-30-19-25-24(31-27(32-25)17-8-3-9-18-27)16-5-2-1-4-11-21-13-10-14-22-12-6-7-15-23(21)22/h1-2,5-7,10,12-16,24-25H,3,8-9,17-20H2,(H,28,29)/b2-1+,16-5+/t24-,25+/m1/s1. The van der Waals surface area contributed by atoms with Crippen molar-refractivity contribution in [1.82, 2.24) is 0 Å². The minimum Gasteiger partial charge on any atom is -0.480 e. The first kappa shape index (κ1) is 22.3. The molecule has 1 aliphatic carbocycles. The van der Waals surface area contributed by atoms with Gasteiger partial charge in [0.1, 0.15) is 18.8 Å². The van der Waals surface area contributed by atoms with E-state index in [2.05, 4.69) is 30.0 Å². The van der Waals surface area contributed by atoms with Gasteiger partial charge in [0.2, 0.25) is 0 Å². The van der Waals surface area contributed by atoms with Gasteiger partial charge in [-0.1, -0.05) is 72.9 Å². The molecule has 1 aliphatic heterocycles. The summed E-state index contributed by atoms with van der Waals surface area (Å²) in [5, 5.41) is 11.1. The lowest BCUT2D eigenvalue weighted by Gasteiger charge is -2.31. The summed E-state index contributed by atoms with van der Waals surface area (Å²) >= 11 is 0. The van der Waals surface area contributed by atoms with Crippen LogP contribution in [0.1, 0.15) is 37.7 Å². The van der Waals surface area contributed by atoms with Crippen LogP contribution in [0.3, 0.4) is 0 Å². The second kappa shape index (κ2) is 10.6. The molecule has 0 amide bonds. The lowest BCUT2D eigenvalue weighted by atomic mass is 9.94. The largest absolute Gasteiger partial charge is 0.480 e. The normalized spacial score (nSPS) is 22.5. The van der Waals surface area contributed by atoms with Crippen molar-refractivity contribution < 1.29 is 24.1 Å². The Labute approximate surface area is 188 Å². The van der Waals surface area contributed by atoms with Gasteiger partial charge in [0.15, 0.2) is 5.79 Å². The Bertz CT molecular complexity index is 1050. The van der Waals surface area contributed by atoms with E-state index in [1.165, 1.54) is 11.8 Å². The van der Waals surface area contributed by atoms with Gasteiger partial charge in [-0.15, -0.1) is 0 Å². The number of benzene rings is 2. The fraction of sp³-hybridized carbons (Fsp3) is 0.370. The van der Waals surface area contributed by atoms with E-state index < -0.39 is 11.8 Å². The third-order valence-electron chi connectivity index (χ3n) is 5.79. The summed E-state index contributed by atoms with van der Waals surface area (Å²) in [6.07, 6.45) is 12.0. The molecule has 166 valence electrons. The van der Waals surface area contributed by atoms with Gasteiger partial charge in [-0.3, -0.25) is 0 Å². The molecule has 0 radical (unpaired) electrons. The molecule has 32 heavy (non-hydrogen) atoms. The van der Waals surface area contributed by atoms with E-state index in [0.29, 0.717) is 0 Å². The van der Waals surface area contributed by atoms with Gasteiger partial charge < -0.3 is 19.3 Å². The molecule has 1 spiro atoms. The molecule has 1 N–H and O–H groups in total. The maximum atomic E-state index is 10.8. The van der Waals surface area contributed by atoms with E-state index >= 15 is 0 Å². The number of fused-ring (bicyclic) bond motifs is 1. The van der Waals surface area contributed by atoms with Crippen LogP contribution in [0.4, 0.5) is 0 Å². The first-order chi connectivity index (χ1) is 15.7. The molecule has 2 fully saturated rings. The zero-order valence-corrected chi connectivity index (χ0v) is 18.0. The highest BCUT2D eigenvalue weighted by Gasteiger charge is 2.47. The third kappa shape index (κ3) is 5.66. The van der Waals surface area contributed by atoms with E-state index in [1.807, 2.05) is 42.5 Å². The second-order valence-electron chi connectivity index (χ2n) is 8.16. The highest BCUT2D eigenvalue weighted by atomic mass is 16.8. The molecule has 1 heterocycles. The fourth-order valence-electron chi connectivity index (χ4n) is 4.31. The number of carboxylic acids is 1. The van der Waals surface area contributed by atoms with Gasteiger partial charge in [-0.2, -0.15) is 0 Å².